The van der Waals surface area contributed by atoms with Crippen molar-refractivity contribution >= 4 is 35.6 Å². The first-order chi connectivity index (χ1) is 12.7. The number of hydrogen-bond acceptors (Lipinski definition) is 3. The minimum Gasteiger partial charge on any atom is -0.354 e. The van der Waals surface area contributed by atoms with E-state index in [1.54, 1.807) is 12.1 Å². The SMILES string of the molecule is I.O=[N+]([O-])c1ccc(CNC(=NCc2ccccc2)NC2CCCC2)cc1. The predicted molar refractivity (Wildman–Crippen MR) is 118 cm³/mol. The third-order valence-electron chi connectivity index (χ3n) is 4.57. The van der Waals surface area contributed by atoms with Crippen LogP contribution in [0.25, 0.3) is 0 Å². The van der Waals surface area contributed by atoms with Crippen LogP contribution < -0.4 is 10.6 Å². The van der Waals surface area contributed by atoms with Gasteiger partial charge in [-0.15, -0.1) is 24.0 Å². The van der Waals surface area contributed by atoms with Crippen molar-refractivity contribution in [2.24, 2.45) is 4.99 Å². The van der Waals surface area contributed by atoms with Crippen LogP contribution in [0, 0.1) is 10.1 Å². The maximum atomic E-state index is 10.8. The molecule has 2 N–H and O–H groups in total. The van der Waals surface area contributed by atoms with Gasteiger partial charge in [-0.3, -0.25) is 10.1 Å². The van der Waals surface area contributed by atoms with E-state index in [2.05, 4.69) is 22.8 Å². The van der Waals surface area contributed by atoms with Gasteiger partial charge in [0.2, 0.25) is 0 Å². The lowest BCUT2D eigenvalue weighted by Gasteiger charge is -2.17. The molecular weight excluding hydrogens is 455 g/mol. The molecule has 0 amide bonds. The van der Waals surface area contributed by atoms with Gasteiger partial charge in [0.15, 0.2) is 5.96 Å². The number of nitrogens with zero attached hydrogens (tertiary/aromatic N) is 2. The third-order valence-corrected chi connectivity index (χ3v) is 4.57. The normalized spacial score (nSPS) is 14.4. The van der Waals surface area contributed by atoms with Crippen LogP contribution >= 0.6 is 24.0 Å². The molecule has 1 fully saturated rings. The molecule has 27 heavy (non-hydrogen) atoms. The highest BCUT2D eigenvalue weighted by Gasteiger charge is 2.16. The molecule has 0 saturated heterocycles. The summed E-state index contributed by atoms with van der Waals surface area (Å²) in [5.74, 6) is 0.791. The minimum absolute atomic E-state index is 0. The number of nitro groups is 1. The Morgan fingerprint density at radius 1 is 1.04 bits per heavy atom. The van der Waals surface area contributed by atoms with Gasteiger partial charge in [0.1, 0.15) is 0 Å². The van der Waals surface area contributed by atoms with E-state index < -0.39 is 0 Å². The largest absolute Gasteiger partial charge is 0.354 e. The van der Waals surface area contributed by atoms with Gasteiger partial charge in [0, 0.05) is 24.7 Å². The third kappa shape index (κ3) is 6.82. The highest BCUT2D eigenvalue weighted by Crippen LogP contribution is 2.17. The van der Waals surface area contributed by atoms with Crippen LogP contribution in [0.3, 0.4) is 0 Å². The van der Waals surface area contributed by atoms with Gasteiger partial charge in [-0.25, -0.2) is 4.99 Å². The molecule has 0 heterocycles. The summed E-state index contributed by atoms with van der Waals surface area (Å²) in [6, 6.07) is 17.2. The molecule has 0 aliphatic heterocycles. The second-order valence-corrected chi connectivity index (χ2v) is 6.55. The van der Waals surface area contributed by atoms with Crippen molar-refractivity contribution in [2.75, 3.05) is 0 Å². The number of benzene rings is 2. The van der Waals surface area contributed by atoms with Gasteiger partial charge in [-0.2, -0.15) is 0 Å². The van der Waals surface area contributed by atoms with Crippen LogP contribution in [0.15, 0.2) is 59.6 Å². The standard InChI is InChI=1S/C20H24N4O2.HI/c25-24(26)19-12-10-17(11-13-19)15-22-20(23-18-8-4-5-9-18)21-14-16-6-2-1-3-7-16;/h1-3,6-7,10-13,18H,4-5,8-9,14-15H2,(H2,21,22,23);1H. The van der Waals surface area contributed by atoms with Crippen molar-refractivity contribution in [2.45, 2.75) is 44.8 Å². The lowest BCUT2D eigenvalue weighted by Crippen LogP contribution is -2.42. The Balaban J connectivity index is 0.00000261. The van der Waals surface area contributed by atoms with Crippen LogP contribution in [0.2, 0.25) is 0 Å². The van der Waals surface area contributed by atoms with Crippen molar-refractivity contribution in [3.63, 3.8) is 0 Å². The van der Waals surface area contributed by atoms with Crippen LogP contribution in [-0.4, -0.2) is 16.9 Å². The van der Waals surface area contributed by atoms with Gasteiger partial charge in [-0.05, 0) is 24.0 Å². The lowest BCUT2D eigenvalue weighted by atomic mass is 10.2. The molecule has 144 valence electrons. The van der Waals surface area contributed by atoms with E-state index in [1.165, 1.54) is 37.8 Å². The zero-order valence-electron chi connectivity index (χ0n) is 15.1. The maximum Gasteiger partial charge on any atom is 0.269 e. The van der Waals surface area contributed by atoms with E-state index in [1.807, 2.05) is 18.2 Å². The highest BCUT2D eigenvalue weighted by atomic mass is 127. The fraction of sp³-hybridized carbons (Fsp3) is 0.350. The number of aliphatic imine (C=N–C) groups is 1. The Bertz CT molecular complexity index is 744. The lowest BCUT2D eigenvalue weighted by molar-refractivity contribution is -0.384. The first-order valence-corrected chi connectivity index (χ1v) is 9.03. The number of nitro benzene ring substituents is 1. The monoisotopic (exact) mass is 480 g/mol. The Hall–Kier alpha value is -2.16. The van der Waals surface area contributed by atoms with Crippen molar-refractivity contribution in [1.82, 2.24) is 10.6 Å². The number of nitrogens with one attached hydrogen (secondary N) is 2. The Morgan fingerprint density at radius 3 is 2.33 bits per heavy atom. The Labute approximate surface area is 176 Å². The van der Waals surface area contributed by atoms with Crippen molar-refractivity contribution in [3.05, 3.63) is 75.8 Å². The molecule has 0 aromatic heterocycles. The second kappa shape index (κ2) is 10.9. The molecule has 2 aromatic rings. The summed E-state index contributed by atoms with van der Waals surface area (Å²) in [5, 5.41) is 17.6. The van der Waals surface area contributed by atoms with E-state index in [4.69, 9.17) is 4.99 Å². The summed E-state index contributed by atoms with van der Waals surface area (Å²) in [7, 11) is 0. The van der Waals surface area contributed by atoms with Crippen LogP contribution in [-0.2, 0) is 13.1 Å². The van der Waals surface area contributed by atoms with Crippen LogP contribution in [0.1, 0.15) is 36.8 Å². The summed E-state index contributed by atoms with van der Waals surface area (Å²) < 4.78 is 0. The molecule has 3 rings (SSSR count). The van der Waals surface area contributed by atoms with E-state index in [-0.39, 0.29) is 34.6 Å². The van der Waals surface area contributed by atoms with Crippen molar-refractivity contribution in [3.8, 4) is 0 Å². The van der Waals surface area contributed by atoms with E-state index in [9.17, 15) is 10.1 Å². The number of hydrogen-bond donors (Lipinski definition) is 2. The molecule has 2 aromatic carbocycles. The zero-order valence-corrected chi connectivity index (χ0v) is 17.5. The molecule has 0 spiro atoms. The summed E-state index contributed by atoms with van der Waals surface area (Å²) >= 11 is 0. The molecule has 0 atom stereocenters. The second-order valence-electron chi connectivity index (χ2n) is 6.55. The van der Waals surface area contributed by atoms with Gasteiger partial charge in [-0.1, -0.05) is 55.3 Å². The maximum absolute atomic E-state index is 10.8. The Kier molecular flexibility index (Phi) is 8.50. The molecule has 0 radical (unpaired) electrons. The molecular formula is C20H25IN4O2. The van der Waals surface area contributed by atoms with Gasteiger partial charge < -0.3 is 10.6 Å². The average Bonchev–Trinajstić information content (AvgIpc) is 3.18. The zero-order chi connectivity index (χ0) is 18.2. The molecule has 6 nitrogen and oxygen atoms in total. The quantitative estimate of drug-likeness (QED) is 0.211. The summed E-state index contributed by atoms with van der Waals surface area (Å²) in [4.78, 5) is 15.1. The molecule has 7 heteroatoms. The topological polar surface area (TPSA) is 79.6 Å². The number of rotatable bonds is 6. The van der Waals surface area contributed by atoms with Gasteiger partial charge >= 0.3 is 0 Å². The smallest absolute Gasteiger partial charge is 0.269 e. The number of guanidine groups is 1. The number of halogens is 1. The Morgan fingerprint density at radius 2 is 1.70 bits per heavy atom. The van der Waals surface area contributed by atoms with Gasteiger partial charge in [0.25, 0.3) is 5.69 Å². The molecule has 1 aliphatic rings. The van der Waals surface area contributed by atoms with E-state index in [0.717, 1.165) is 17.1 Å². The average molecular weight is 480 g/mol. The predicted octanol–water partition coefficient (Wildman–Crippen LogP) is 4.39. The summed E-state index contributed by atoms with van der Waals surface area (Å²) in [6.45, 7) is 1.19. The summed E-state index contributed by atoms with van der Waals surface area (Å²) in [6.07, 6.45) is 4.85. The fourth-order valence-corrected chi connectivity index (χ4v) is 3.09. The van der Waals surface area contributed by atoms with E-state index in [0.29, 0.717) is 19.1 Å². The van der Waals surface area contributed by atoms with Crippen LogP contribution in [0.4, 0.5) is 5.69 Å². The fourth-order valence-electron chi connectivity index (χ4n) is 3.09. The molecule has 0 unspecified atom stereocenters. The van der Waals surface area contributed by atoms with Crippen molar-refractivity contribution in [1.29, 1.82) is 0 Å². The van der Waals surface area contributed by atoms with Gasteiger partial charge in [0.05, 0.1) is 11.5 Å². The van der Waals surface area contributed by atoms with Crippen LogP contribution in [0.5, 0.6) is 0 Å². The van der Waals surface area contributed by atoms with E-state index >= 15 is 0 Å². The van der Waals surface area contributed by atoms with Crippen molar-refractivity contribution < 1.29 is 4.92 Å². The molecule has 0 bridgehead atoms. The highest BCUT2D eigenvalue weighted by molar-refractivity contribution is 14.0. The molecule has 1 aliphatic carbocycles. The molecule has 1 saturated carbocycles. The first-order valence-electron chi connectivity index (χ1n) is 9.03. The minimum atomic E-state index is -0.383. The number of non-ortho nitro benzene ring substituents is 1. The summed E-state index contributed by atoms with van der Waals surface area (Å²) in [5.41, 5.74) is 2.25. The first kappa shape index (κ1) is 21.1.